The fourth-order valence-corrected chi connectivity index (χ4v) is 1.09. The molecule has 0 fully saturated rings. The molecule has 1 atom stereocenters. The third-order valence-electron chi connectivity index (χ3n) is 1.67. The number of rotatable bonds is 4. The lowest BCUT2D eigenvalue weighted by Gasteiger charge is -2.09. The van der Waals surface area contributed by atoms with Crippen molar-refractivity contribution in [2.75, 3.05) is 19.0 Å². The Bertz CT molecular complexity index is 263. The minimum atomic E-state index is 0.353. The van der Waals surface area contributed by atoms with E-state index in [4.69, 9.17) is 4.74 Å². The molecule has 0 heterocycles. The second-order valence-corrected chi connectivity index (χ2v) is 3.84. The first kappa shape index (κ1) is 10.3. The maximum absolute atomic E-state index is 5.10. The van der Waals surface area contributed by atoms with Gasteiger partial charge in [0.15, 0.2) is 0 Å². The maximum Gasteiger partial charge on any atom is 0.120 e. The minimum Gasteiger partial charge on any atom is -0.497 e. The third-order valence-corrected chi connectivity index (χ3v) is 1.85. The van der Waals surface area contributed by atoms with E-state index in [0.29, 0.717) is 5.25 Å². The zero-order chi connectivity index (χ0) is 9.68. The summed E-state index contributed by atoms with van der Waals surface area (Å²) in [5.74, 6) is 0.872. The Morgan fingerprint density at radius 3 is 2.92 bits per heavy atom. The Kier molecular flexibility index (Phi) is 3.96. The highest BCUT2D eigenvalue weighted by atomic mass is 32.1. The SMILES string of the molecule is COc1cccc(NCC(C)S)c1. The van der Waals surface area contributed by atoms with Gasteiger partial charge in [0.2, 0.25) is 0 Å². The van der Waals surface area contributed by atoms with E-state index in [1.54, 1.807) is 7.11 Å². The molecule has 1 aromatic carbocycles. The van der Waals surface area contributed by atoms with Gasteiger partial charge in [0.05, 0.1) is 7.11 Å². The van der Waals surface area contributed by atoms with Crippen LogP contribution in [-0.4, -0.2) is 18.9 Å². The molecule has 3 heteroatoms. The van der Waals surface area contributed by atoms with Crippen LogP contribution in [0.5, 0.6) is 5.75 Å². The topological polar surface area (TPSA) is 21.3 Å². The van der Waals surface area contributed by atoms with Gasteiger partial charge in [0.25, 0.3) is 0 Å². The molecule has 0 amide bonds. The molecule has 0 bridgehead atoms. The highest BCUT2D eigenvalue weighted by molar-refractivity contribution is 7.80. The van der Waals surface area contributed by atoms with Crippen molar-refractivity contribution in [3.63, 3.8) is 0 Å². The van der Waals surface area contributed by atoms with Gasteiger partial charge in [-0.25, -0.2) is 0 Å². The lowest BCUT2D eigenvalue weighted by Crippen LogP contribution is -2.10. The molecule has 0 saturated heterocycles. The van der Waals surface area contributed by atoms with Crippen LogP contribution in [0.25, 0.3) is 0 Å². The van der Waals surface area contributed by atoms with Gasteiger partial charge in [0, 0.05) is 23.5 Å². The summed E-state index contributed by atoms with van der Waals surface area (Å²) in [6.45, 7) is 2.91. The van der Waals surface area contributed by atoms with Crippen molar-refractivity contribution in [1.82, 2.24) is 0 Å². The number of hydrogen-bond acceptors (Lipinski definition) is 3. The molecule has 0 aliphatic rings. The van der Waals surface area contributed by atoms with Crippen LogP contribution in [0, 0.1) is 0 Å². The summed E-state index contributed by atoms with van der Waals surface area (Å²) >= 11 is 4.28. The van der Waals surface area contributed by atoms with Gasteiger partial charge in [-0.3, -0.25) is 0 Å². The lowest BCUT2D eigenvalue weighted by molar-refractivity contribution is 0.415. The normalized spacial score (nSPS) is 12.2. The molecule has 13 heavy (non-hydrogen) atoms. The van der Waals surface area contributed by atoms with Gasteiger partial charge in [0.1, 0.15) is 5.75 Å². The summed E-state index contributed by atoms with van der Waals surface area (Å²) in [5.41, 5.74) is 1.07. The smallest absolute Gasteiger partial charge is 0.120 e. The third kappa shape index (κ3) is 3.59. The molecule has 1 aromatic rings. The molecule has 0 aliphatic carbocycles. The summed E-state index contributed by atoms with van der Waals surface area (Å²) in [7, 11) is 1.67. The quantitative estimate of drug-likeness (QED) is 0.723. The van der Waals surface area contributed by atoms with Gasteiger partial charge in [-0.05, 0) is 12.1 Å². The minimum absolute atomic E-state index is 0.353. The molecular formula is C10H15NOS. The summed E-state index contributed by atoms with van der Waals surface area (Å²) in [6.07, 6.45) is 0. The van der Waals surface area contributed by atoms with Crippen LogP contribution >= 0.6 is 12.6 Å². The molecule has 2 nitrogen and oxygen atoms in total. The molecule has 0 aliphatic heterocycles. The number of methoxy groups -OCH3 is 1. The van der Waals surface area contributed by atoms with Crippen molar-refractivity contribution < 1.29 is 4.74 Å². The summed E-state index contributed by atoms with van der Waals surface area (Å²) in [6, 6.07) is 7.87. The lowest BCUT2D eigenvalue weighted by atomic mass is 10.3. The molecule has 1 unspecified atom stereocenters. The molecule has 1 N–H and O–H groups in total. The largest absolute Gasteiger partial charge is 0.497 e. The first-order valence-electron chi connectivity index (χ1n) is 4.28. The van der Waals surface area contributed by atoms with Crippen LogP contribution in [0.2, 0.25) is 0 Å². The number of thiol groups is 1. The number of hydrogen-bond donors (Lipinski definition) is 2. The van der Waals surface area contributed by atoms with Crippen molar-refractivity contribution in [3.05, 3.63) is 24.3 Å². The zero-order valence-corrected chi connectivity index (χ0v) is 8.84. The fourth-order valence-electron chi connectivity index (χ4n) is 0.999. The van der Waals surface area contributed by atoms with Gasteiger partial charge in [-0.15, -0.1) is 0 Å². The van der Waals surface area contributed by atoms with E-state index >= 15 is 0 Å². The van der Waals surface area contributed by atoms with E-state index < -0.39 is 0 Å². The Morgan fingerprint density at radius 1 is 1.54 bits per heavy atom. The van der Waals surface area contributed by atoms with E-state index in [1.807, 2.05) is 24.3 Å². The molecule has 0 saturated carbocycles. The van der Waals surface area contributed by atoms with Gasteiger partial charge >= 0.3 is 0 Å². The van der Waals surface area contributed by atoms with Crippen molar-refractivity contribution in [2.45, 2.75) is 12.2 Å². The van der Waals surface area contributed by atoms with E-state index in [9.17, 15) is 0 Å². The Morgan fingerprint density at radius 2 is 2.31 bits per heavy atom. The first-order valence-corrected chi connectivity index (χ1v) is 4.80. The highest BCUT2D eigenvalue weighted by Crippen LogP contribution is 2.16. The number of benzene rings is 1. The summed E-state index contributed by atoms with van der Waals surface area (Å²) < 4.78 is 5.10. The van der Waals surface area contributed by atoms with E-state index in [0.717, 1.165) is 18.0 Å². The highest BCUT2D eigenvalue weighted by Gasteiger charge is 1.96. The molecule has 72 valence electrons. The van der Waals surface area contributed by atoms with Crippen LogP contribution < -0.4 is 10.1 Å². The van der Waals surface area contributed by atoms with Crippen molar-refractivity contribution in [1.29, 1.82) is 0 Å². The van der Waals surface area contributed by atoms with E-state index in [2.05, 4.69) is 24.9 Å². The number of ether oxygens (including phenoxy) is 1. The first-order chi connectivity index (χ1) is 6.22. The van der Waals surface area contributed by atoms with Gasteiger partial charge < -0.3 is 10.1 Å². The van der Waals surface area contributed by atoms with Crippen LogP contribution in [0.1, 0.15) is 6.92 Å². The standard InChI is InChI=1S/C10H15NOS/c1-8(13)7-11-9-4-3-5-10(6-9)12-2/h3-6,8,11,13H,7H2,1-2H3. The Hall–Kier alpha value is -0.830. The summed E-state index contributed by atoms with van der Waals surface area (Å²) in [5, 5.41) is 3.62. The Balaban J connectivity index is 2.56. The predicted molar refractivity (Wildman–Crippen MR) is 59.9 cm³/mol. The maximum atomic E-state index is 5.10. The predicted octanol–water partition coefficient (Wildman–Crippen LogP) is 2.43. The molecule has 0 radical (unpaired) electrons. The monoisotopic (exact) mass is 197 g/mol. The summed E-state index contributed by atoms with van der Waals surface area (Å²) in [4.78, 5) is 0. The average molecular weight is 197 g/mol. The number of nitrogens with one attached hydrogen (secondary N) is 1. The van der Waals surface area contributed by atoms with Crippen LogP contribution in [0.15, 0.2) is 24.3 Å². The van der Waals surface area contributed by atoms with Crippen LogP contribution in [0.4, 0.5) is 5.69 Å². The Labute approximate surface area is 84.7 Å². The van der Waals surface area contributed by atoms with Crippen molar-refractivity contribution in [2.24, 2.45) is 0 Å². The molecule has 1 rings (SSSR count). The van der Waals surface area contributed by atoms with Crippen LogP contribution in [-0.2, 0) is 0 Å². The van der Waals surface area contributed by atoms with Gasteiger partial charge in [-0.2, -0.15) is 12.6 Å². The molecule has 0 spiro atoms. The van der Waals surface area contributed by atoms with Crippen molar-refractivity contribution in [3.8, 4) is 5.75 Å². The van der Waals surface area contributed by atoms with E-state index in [1.165, 1.54) is 0 Å². The molecular weight excluding hydrogens is 182 g/mol. The zero-order valence-electron chi connectivity index (χ0n) is 7.95. The van der Waals surface area contributed by atoms with Crippen LogP contribution in [0.3, 0.4) is 0 Å². The van der Waals surface area contributed by atoms with Gasteiger partial charge in [-0.1, -0.05) is 13.0 Å². The second-order valence-electron chi connectivity index (χ2n) is 2.96. The fraction of sp³-hybridized carbons (Fsp3) is 0.400. The number of anilines is 1. The average Bonchev–Trinajstić information content (AvgIpc) is 2.15. The molecule has 0 aromatic heterocycles. The second kappa shape index (κ2) is 5.02. The van der Waals surface area contributed by atoms with E-state index in [-0.39, 0.29) is 0 Å². The van der Waals surface area contributed by atoms with Crippen molar-refractivity contribution >= 4 is 18.3 Å².